The summed E-state index contributed by atoms with van der Waals surface area (Å²) in [5, 5.41) is 0. The van der Waals surface area contributed by atoms with Gasteiger partial charge in [0.1, 0.15) is 11.9 Å². The number of ether oxygens (including phenoxy) is 1. The number of Topliss-reactive ketones (excluding diaryl/α,β-unsaturated/α-hetero) is 1. The van der Waals surface area contributed by atoms with Crippen LogP contribution in [0.1, 0.15) is 57.3 Å². The van der Waals surface area contributed by atoms with E-state index >= 15 is 0 Å². The number of ketones is 1. The molecule has 1 aromatic heterocycles. The van der Waals surface area contributed by atoms with Crippen LogP contribution in [0.15, 0.2) is 59.4 Å². The zero-order valence-electron chi connectivity index (χ0n) is 16.8. The number of fused-ring (bicyclic) bond motifs is 1. The lowest BCUT2D eigenvalue weighted by molar-refractivity contribution is 0.0982. The number of aryl methyl sites for hydroxylation is 3. The van der Waals surface area contributed by atoms with Crippen molar-refractivity contribution in [3.8, 4) is 5.75 Å². The number of aromatic amines is 1. The van der Waals surface area contributed by atoms with Gasteiger partial charge in [-0.25, -0.2) is 0 Å². The minimum atomic E-state index is -0.0924. The third-order valence-corrected chi connectivity index (χ3v) is 5.61. The Hall–Kier alpha value is -3.14. The van der Waals surface area contributed by atoms with Crippen molar-refractivity contribution >= 4 is 5.78 Å². The molecule has 148 valence electrons. The molecule has 0 aliphatic heterocycles. The number of carbonyl (C=O) groups is 1. The monoisotopic (exact) mass is 387 g/mol. The topological polar surface area (TPSA) is 59.2 Å². The van der Waals surface area contributed by atoms with E-state index in [1.54, 1.807) is 0 Å². The highest BCUT2D eigenvalue weighted by molar-refractivity contribution is 5.96. The molecule has 0 radical (unpaired) electrons. The van der Waals surface area contributed by atoms with Gasteiger partial charge in [-0.1, -0.05) is 30.3 Å². The molecule has 0 spiro atoms. The van der Waals surface area contributed by atoms with Crippen molar-refractivity contribution in [2.45, 2.75) is 45.6 Å². The first-order valence-corrected chi connectivity index (χ1v) is 10.1. The van der Waals surface area contributed by atoms with Gasteiger partial charge in [0.15, 0.2) is 5.78 Å². The number of rotatable bonds is 6. The summed E-state index contributed by atoms with van der Waals surface area (Å²) >= 11 is 0. The third-order valence-electron chi connectivity index (χ3n) is 5.61. The Kier molecular flexibility index (Phi) is 5.34. The number of nitrogens with one attached hydrogen (secondary N) is 1. The van der Waals surface area contributed by atoms with Crippen molar-refractivity contribution in [2.75, 3.05) is 0 Å². The van der Waals surface area contributed by atoms with Crippen molar-refractivity contribution in [3.05, 3.63) is 98.5 Å². The normalized spacial score (nSPS) is 15.2. The molecule has 0 saturated heterocycles. The highest BCUT2D eigenvalue weighted by atomic mass is 16.5. The first kappa shape index (κ1) is 19.2. The van der Waals surface area contributed by atoms with Crippen LogP contribution in [0.2, 0.25) is 0 Å². The number of aromatic nitrogens is 1. The Balaban J connectivity index is 1.45. The second-order valence-corrected chi connectivity index (χ2v) is 7.74. The van der Waals surface area contributed by atoms with E-state index in [1.165, 1.54) is 5.56 Å². The number of hydrogen-bond acceptors (Lipinski definition) is 3. The number of carbonyl (C=O) groups excluding carboxylic acids is 1. The molecule has 0 amide bonds. The number of benzene rings is 2. The second kappa shape index (κ2) is 8.08. The molecular formula is C25H25NO3. The average Bonchev–Trinajstić information content (AvgIpc) is 3.10. The van der Waals surface area contributed by atoms with E-state index in [0.717, 1.165) is 35.4 Å². The van der Waals surface area contributed by atoms with Gasteiger partial charge >= 0.3 is 0 Å². The van der Waals surface area contributed by atoms with E-state index in [4.69, 9.17) is 4.74 Å². The van der Waals surface area contributed by atoms with Crippen LogP contribution < -0.4 is 10.3 Å². The van der Waals surface area contributed by atoms with E-state index in [-0.39, 0.29) is 17.4 Å². The summed E-state index contributed by atoms with van der Waals surface area (Å²) in [6.45, 7) is 3.78. The van der Waals surface area contributed by atoms with Gasteiger partial charge in [-0.05, 0) is 74.1 Å². The predicted molar refractivity (Wildman–Crippen MR) is 114 cm³/mol. The minimum Gasteiger partial charge on any atom is -0.486 e. The van der Waals surface area contributed by atoms with Crippen LogP contribution in [0.4, 0.5) is 0 Å². The Morgan fingerprint density at radius 1 is 1.10 bits per heavy atom. The quantitative estimate of drug-likeness (QED) is 0.614. The molecule has 1 heterocycles. The Morgan fingerprint density at radius 2 is 1.90 bits per heavy atom. The lowest BCUT2D eigenvalue weighted by atomic mass is 9.98. The van der Waals surface area contributed by atoms with E-state index in [9.17, 15) is 9.59 Å². The molecule has 4 heteroatoms. The summed E-state index contributed by atoms with van der Waals surface area (Å²) in [7, 11) is 0. The van der Waals surface area contributed by atoms with Crippen LogP contribution in [0.5, 0.6) is 5.75 Å². The summed E-state index contributed by atoms with van der Waals surface area (Å²) in [6, 6.07) is 17.7. The summed E-state index contributed by atoms with van der Waals surface area (Å²) in [5.41, 5.74) is 5.44. The van der Waals surface area contributed by atoms with Gasteiger partial charge in [0.2, 0.25) is 0 Å². The molecule has 0 saturated carbocycles. The largest absolute Gasteiger partial charge is 0.486 e. The van der Waals surface area contributed by atoms with Crippen molar-refractivity contribution in [2.24, 2.45) is 0 Å². The van der Waals surface area contributed by atoms with Gasteiger partial charge in [-0.3, -0.25) is 9.59 Å². The van der Waals surface area contributed by atoms with Gasteiger partial charge in [-0.15, -0.1) is 0 Å². The van der Waals surface area contributed by atoms with Gasteiger partial charge < -0.3 is 9.72 Å². The molecule has 0 bridgehead atoms. The number of H-pyrrole nitrogens is 1. The van der Waals surface area contributed by atoms with E-state index in [1.807, 2.05) is 68.4 Å². The first-order chi connectivity index (χ1) is 14.0. The highest BCUT2D eigenvalue weighted by Gasteiger charge is 2.25. The molecule has 3 aromatic rings. The van der Waals surface area contributed by atoms with Crippen LogP contribution in [0, 0.1) is 13.8 Å². The fraction of sp³-hybridized carbons (Fsp3) is 0.280. The standard InChI is InChI=1S/C25H25NO3/c1-16-14-17(2)26-25(28)21(16)11-12-23(27)19-8-10-22-18(15-19)9-13-24(22)29-20-6-4-3-5-7-20/h3-8,10,14-15,24H,9,11-13H2,1-2H3,(H,26,28). The molecule has 1 atom stereocenters. The van der Waals surface area contributed by atoms with Crippen LogP contribution in [-0.2, 0) is 12.8 Å². The smallest absolute Gasteiger partial charge is 0.251 e. The fourth-order valence-corrected chi connectivity index (χ4v) is 4.11. The molecule has 4 nitrogen and oxygen atoms in total. The Bertz CT molecular complexity index is 1100. The minimum absolute atomic E-state index is 0.0327. The van der Waals surface area contributed by atoms with E-state index in [2.05, 4.69) is 4.98 Å². The maximum Gasteiger partial charge on any atom is 0.251 e. The molecular weight excluding hydrogens is 362 g/mol. The Morgan fingerprint density at radius 3 is 2.66 bits per heavy atom. The van der Waals surface area contributed by atoms with E-state index < -0.39 is 0 Å². The first-order valence-electron chi connectivity index (χ1n) is 10.1. The number of hydrogen-bond donors (Lipinski definition) is 1. The van der Waals surface area contributed by atoms with Crippen molar-refractivity contribution in [3.63, 3.8) is 0 Å². The summed E-state index contributed by atoms with van der Waals surface area (Å²) < 4.78 is 6.12. The molecule has 2 aromatic carbocycles. The predicted octanol–water partition coefficient (Wildman–Crippen LogP) is 4.87. The van der Waals surface area contributed by atoms with Crippen molar-refractivity contribution in [1.29, 1.82) is 0 Å². The molecule has 1 aliphatic rings. The highest BCUT2D eigenvalue weighted by Crippen LogP contribution is 2.35. The lowest BCUT2D eigenvalue weighted by Gasteiger charge is -2.15. The van der Waals surface area contributed by atoms with Gasteiger partial charge in [0.05, 0.1) is 0 Å². The Labute approximate surface area is 170 Å². The maximum absolute atomic E-state index is 12.7. The molecule has 1 N–H and O–H groups in total. The zero-order valence-corrected chi connectivity index (χ0v) is 16.8. The van der Waals surface area contributed by atoms with Crippen LogP contribution in [0.3, 0.4) is 0 Å². The van der Waals surface area contributed by atoms with Crippen molar-refractivity contribution < 1.29 is 9.53 Å². The zero-order chi connectivity index (χ0) is 20.4. The van der Waals surface area contributed by atoms with Gasteiger partial charge in [0.25, 0.3) is 5.56 Å². The number of pyridine rings is 1. The SMILES string of the molecule is Cc1cc(C)c(CCC(=O)c2ccc3c(c2)CCC3Oc2ccccc2)c(=O)[nH]1. The van der Waals surface area contributed by atoms with E-state index in [0.29, 0.717) is 24.0 Å². The molecule has 1 unspecified atom stereocenters. The van der Waals surface area contributed by atoms with Crippen LogP contribution in [0.25, 0.3) is 0 Å². The molecule has 4 rings (SSSR count). The maximum atomic E-state index is 12.7. The number of para-hydroxylation sites is 1. The van der Waals surface area contributed by atoms with Crippen LogP contribution >= 0.6 is 0 Å². The molecule has 29 heavy (non-hydrogen) atoms. The van der Waals surface area contributed by atoms with Gasteiger partial charge in [-0.2, -0.15) is 0 Å². The summed E-state index contributed by atoms with van der Waals surface area (Å²) in [4.78, 5) is 27.7. The third kappa shape index (κ3) is 4.16. The molecule has 0 fully saturated rings. The summed E-state index contributed by atoms with van der Waals surface area (Å²) in [5.74, 6) is 0.934. The summed E-state index contributed by atoms with van der Waals surface area (Å²) in [6.07, 6.45) is 2.64. The molecule has 1 aliphatic carbocycles. The van der Waals surface area contributed by atoms with Gasteiger partial charge in [0, 0.05) is 23.2 Å². The average molecular weight is 387 g/mol. The lowest BCUT2D eigenvalue weighted by Crippen LogP contribution is -2.17. The van der Waals surface area contributed by atoms with Crippen molar-refractivity contribution in [1.82, 2.24) is 4.98 Å². The second-order valence-electron chi connectivity index (χ2n) is 7.74. The van der Waals surface area contributed by atoms with Crippen LogP contribution in [-0.4, -0.2) is 10.8 Å². The fourth-order valence-electron chi connectivity index (χ4n) is 4.11.